The van der Waals surface area contributed by atoms with Crippen molar-refractivity contribution in [2.24, 2.45) is 0 Å². The molecule has 3 rings (SSSR count). The number of hydrogen-bond donors (Lipinski definition) is 1. The van der Waals surface area contributed by atoms with E-state index in [1.54, 1.807) is 6.07 Å². The number of amides is 1. The quantitative estimate of drug-likeness (QED) is 0.770. The first-order valence-corrected chi connectivity index (χ1v) is 7.67. The number of carbonyl (C=O) groups excluding carboxylic acids is 1. The number of halogens is 1. The van der Waals surface area contributed by atoms with Crippen LogP contribution in [-0.2, 0) is 11.2 Å². The number of rotatable bonds is 5. The average Bonchev–Trinajstić information content (AvgIpc) is 2.99. The number of para-hydroxylation sites is 1. The molecule has 2 aromatic carbocycles. The van der Waals surface area contributed by atoms with E-state index < -0.39 is 5.82 Å². The topological polar surface area (TPSA) is 51.5 Å². The molecule has 0 aliphatic rings. The largest absolute Gasteiger partial charge is 0.494 e. The van der Waals surface area contributed by atoms with Gasteiger partial charge in [-0.1, -0.05) is 24.3 Å². The Morgan fingerprint density at radius 2 is 2.04 bits per heavy atom. The van der Waals surface area contributed by atoms with E-state index in [1.807, 2.05) is 37.3 Å². The maximum absolute atomic E-state index is 13.7. The second kappa shape index (κ2) is 6.74. The first-order valence-electron chi connectivity index (χ1n) is 7.67. The number of hydrogen-bond acceptors (Lipinski definition) is 3. The highest BCUT2D eigenvalue weighted by Gasteiger charge is 2.15. The standard InChI is InChI=1S/C19H18FNO3/c1-12(18-11-14-5-3-4-6-16(14)24-18)21-19(22)10-13-7-8-17(23-2)15(20)9-13/h3-9,11-12H,10H2,1-2H3,(H,21,22). The van der Waals surface area contributed by atoms with Gasteiger partial charge < -0.3 is 14.5 Å². The zero-order valence-corrected chi connectivity index (χ0v) is 13.5. The third-order valence-corrected chi connectivity index (χ3v) is 3.83. The van der Waals surface area contributed by atoms with E-state index in [0.717, 1.165) is 11.0 Å². The molecule has 1 atom stereocenters. The number of carbonyl (C=O) groups is 1. The van der Waals surface area contributed by atoms with Crippen molar-refractivity contribution in [2.75, 3.05) is 7.11 Å². The molecule has 4 nitrogen and oxygen atoms in total. The van der Waals surface area contributed by atoms with Crippen LogP contribution in [0.5, 0.6) is 5.75 Å². The summed E-state index contributed by atoms with van der Waals surface area (Å²) in [7, 11) is 1.40. The first kappa shape index (κ1) is 16.1. The Hall–Kier alpha value is -2.82. The summed E-state index contributed by atoms with van der Waals surface area (Å²) >= 11 is 0. The van der Waals surface area contributed by atoms with Crippen LogP contribution in [0.2, 0.25) is 0 Å². The lowest BCUT2D eigenvalue weighted by molar-refractivity contribution is -0.121. The molecular weight excluding hydrogens is 309 g/mol. The molecule has 0 aliphatic carbocycles. The molecular formula is C19H18FNO3. The molecule has 24 heavy (non-hydrogen) atoms. The maximum atomic E-state index is 13.7. The van der Waals surface area contributed by atoms with Gasteiger partial charge in [-0.15, -0.1) is 0 Å². The Balaban J connectivity index is 1.66. The Kier molecular flexibility index (Phi) is 4.51. The molecule has 1 unspecified atom stereocenters. The average molecular weight is 327 g/mol. The molecule has 0 spiro atoms. The number of benzene rings is 2. The SMILES string of the molecule is COc1ccc(CC(=O)NC(C)c2cc3ccccc3o2)cc1F. The van der Waals surface area contributed by atoms with Gasteiger partial charge in [0.2, 0.25) is 5.91 Å². The molecule has 1 heterocycles. The summed E-state index contributed by atoms with van der Waals surface area (Å²) in [6, 6.07) is 13.8. The zero-order valence-electron chi connectivity index (χ0n) is 13.5. The summed E-state index contributed by atoms with van der Waals surface area (Å²) in [5, 5.41) is 3.86. The van der Waals surface area contributed by atoms with Crippen LogP contribution in [0.3, 0.4) is 0 Å². The Labute approximate surface area is 139 Å². The number of fused-ring (bicyclic) bond motifs is 1. The molecule has 1 aromatic heterocycles. The van der Waals surface area contributed by atoms with Gasteiger partial charge in [0, 0.05) is 5.39 Å². The highest BCUT2D eigenvalue weighted by Crippen LogP contribution is 2.24. The van der Waals surface area contributed by atoms with E-state index in [1.165, 1.54) is 19.2 Å². The van der Waals surface area contributed by atoms with Gasteiger partial charge in [0.1, 0.15) is 11.3 Å². The lowest BCUT2D eigenvalue weighted by Gasteiger charge is -2.11. The molecule has 1 amide bonds. The number of ether oxygens (including phenoxy) is 1. The zero-order chi connectivity index (χ0) is 17.1. The molecule has 0 aliphatic heterocycles. The van der Waals surface area contributed by atoms with Gasteiger partial charge in [-0.05, 0) is 36.8 Å². The smallest absolute Gasteiger partial charge is 0.225 e. The van der Waals surface area contributed by atoms with Crippen molar-refractivity contribution >= 4 is 16.9 Å². The van der Waals surface area contributed by atoms with Gasteiger partial charge in [0.05, 0.1) is 19.6 Å². The normalized spacial score (nSPS) is 12.1. The van der Waals surface area contributed by atoms with Gasteiger partial charge in [0.15, 0.2) is 11.6 Å². The molecule has 0 bridgehead atoms. The van der Waals surface area contributed by atoms with Crippen LogP contribution in [0.4, 0.5) is 4.39 Å². The Morgan fingerprint density at radius 3 is 2.75 bits per heavy atom. The predicted octanol–water partition coefficient (Wildman–Crippen LogP) is 4.00. The Bertz CT molecular complexity index is 839. The van der Waals surface area contributed by atoms with Crippen LogP contribution in [0, 0.1) is 5.82 Å². The van der Waals surface area contributed by atoms with Crippen LogP contribution in [0.15, 0.2) is 52.9 Å². The molecule has 0 radical (unpaired) electrons. The Morgan fingerprint density at radius 1 is 1.25 bits per heavy atom. The number of methoxy groups -OCH3 is 1. The number of nitrogens with one attached hydrogen (secondary N) is 1. The molecule has 124 valence electrons. The van der Waals surface area contributed by atoms with Crippen molar-refractivity contribution < 1.29 is 18.3 Å². The summed E-state index contributed by atoms with van der Waals surface area (Å²) in [4.78, 5) is 12.2. The van der Waals surface area contributed by atoms with Gasteiger partial charge in [-0.3, -0.25) is 4.79 Å². The molecule has 3 aromatic rings. The summed E-state index contributed by atoms with van der Waals surface area (Å²) in [6.45, 7) is 1.85. The van der Waals surface area contributed by atoms with Crippen molar-refractivity contribution in [3.63, 3.8) is 0 Å². The highest BCUT2D eigenvalue weighted by molar-refractivity contribution is 5.80. The van der Waals surface area contributed by atoms with Crippen molar-refractivity contribution in [1.29, 1.82) is 0 Å². The monoisotopic (exact) mass is 327 g/mol. The third kappa shape index (κ3) is 3.40. The van der Waals surface area contributed by atoms with Crippen molar-refractivity contribution in [2.45, 2.75) is 19.4 Å². The second-order valence-corrected chi connectivity index (χ2v) is 5.62. The summed E-state index contributed by atoms with van der Waals surface area (Å²) in [6.07, 6.45) is 0.0888. The highest BCUT2D eigenvalue weighted by atomic mass is 19.1. The van der Waals surface area contributed by atoms with Crippen molar-refractivity contribution in [3.05, 3.63) is 65.7 Å². The van der Waals surface area contributed by atoms with Crippen molar-refractivity contribution in [3.8, 4) is 5.75 Å². The van der Waals surface area contributed by atoms with Crippen molar-refractivity contribution in [1.82, 2.24) is 5.32 Å². The van der Waals surface area contributed by atoms with Crippen LogP contribution in [0.1, 0.15) is 24.3 Å². The lowest BCUT2D eigenvalue weighted by Crippen LogP contribution is -2.27. The van der Waals surface area contributed by atoms with Gasteiger partial charge in [-0.2, -0.15) is 0 Å². The molecule has 5 heteroatoms. The minimum Gasteiger partial charge on any atom is -0.494 e. The molecule has 0 fully saturated rings. The third-order valence-electron chi connectivity index (χ3n) is 3.83. The van der Waals surface area contributed by atoms with Crippen LogP contribution >= 0.6 is 0 Å². The molecule has 0 saturated carbocycles. The fraction of sp³-hybridized carbons (Fsp3) is 0.211. The summed E-state index contributed by atoms with van der Waals surface area (Å²) in [5.41, 5.74) is 1.37. The minimum absolute atomic E-state index is 0.0888. The van der Waals surface area contributed by atoms with Gasteiger partial charge in [0.25, 0.3) is 0 Å². The van der Waals surface area contributed by atoms with Gasteiger partial charge >= 0.3 is 0 Å². The summed E-state index contributed by atoms with van der Waals surface area (Å²) < 4.78 is 24.3. The lowest BCUT2D eigenvalue weighted by atomic mass is 10.1. The fourth-order valence-corrected chi connectivity index (χ4v) is 2.58. The molecule has 1 N–H and O–H groups in total. The number of furan rings is 1. The van der Waals surface area contributed by atoms with E-state index in [2.05, 4.69) is 5.32 Å². The van der Waals surface area contributed by atoms with E-state index in [-0.39, 0.29) is 24.1 Å². The maximum Gasteiger partial charge on any atom is 0.225 e. The van der Waals surface area contributed by atoms with Gasteiger partial charge in [-0.25, -0.2) is 4.39 Å². The molecule has 0 saturated heterocycles. The second-order valence-electron chi connectivity index (χ2n) is 5.62. The predicted molar refractivity (Wildman–Crippen MR) is 89.4 cm³/mol. The first-order chi connectivity index (χ1) is 11.6. The fourth-order valence-electron chi connectivity index (χ4n) is 2.58. The van der Waals surface area contributed by atoms with Crippen LogP contribution < -0.4 is 10.1 Å². The van der Waals surface area contributed by atoms with E-state index in [4.69, 9.17) is 9.15 Å². The van der Waals surface area contributed by atoms with Crippen LogP contribution in [-0.4, -0.2) is 13.0 Å². The van der Waals surface area contributed by atoms with E-state index in [0.29, 0.717) is 11.3 Å². The minimum atomic E-state index is -0.479. The van der Waals surface area contributed by atoms with E-state index in [9.17, 15) is 9.18 Å². The summed E-state index contributed by atoms with van der Waals surface area (Å²) in [5.74, 6) is 0.168. The van der Waals surface area contributed by atoms with E-state index >= 15 is 0 Å². The van der Waals surface area contributed by atoms with Crippen LogP contribution in [0.25, 0.3) is 11.0 Å².